The quantitative estimate of drug-likeness (QED) is 0.537. The molecule has 0 amide bonds. The van der Waals surface area contributed by atoms with Gasteiger partial charge >= 0.3 is 5.97 Å². The third-order valence-electron chi connectivity index (χ3n) is 3.39. The number of hydrogen-bond donors (Lipinski definition) is 3. The number of aromatic carboxylic acids is 1. The first-order valence-electron chi connectivity index (χ1n) is 8.70. The van der Waals surface area contributed by atoms with Crippen LogP contribution in [0.5, 0.6) is 5.75 Å². The van der Waals surface area contributed by atoms with Crippen molar-refractivity contribution < 1.29 is 26.2 Å². The summed E-state index contributed by atoms with van der Waals surface area (Å²) in [4.78, 5) is 14.6. The van der Waals surface area contributed by atoms with Crippen molar-refractivity contribution in [1.29, 1.82) is 0 Å². The standard InChI is InChI=1S/C18H14N4O5S/c23-16-9-6-13(11-15(16)18(24)25)21-20-12-4-7-14(8-5-12)28(26,27)22-17-3-1-2-10-19-17/h1-11,23H,(H,19,22)(H,24,25)/i4T,5T. The molecule has 3 N–H and O–H groups in total. The van der Waals surface area contributed by atoms with Crippen LogP contribution in [-0.4, -0.2) is 29.6 Å². The minimum Gasteiger partial charge on any atom is -0.507 e. The van der Waals surface area contributed by atoms with E-state index in [1.807, 2.05) is 0 Å². The predicted molar refractivity (Wildman–Crippen MR) is 101 cm³/mol. The van der Waals surface area contributed by atoms with Gasteiger partial charge in [-0.3, -0.25) is 4.72 Å². The number of rotatable bonds is 6. The Hall–Kier alpha value is -3.79. The minimum absolute atomic E-state index is 0.0671. The van der Waals surface area contributed by atoms with E-state index in [1.165, 1.54) is 18.3 Å². The second kappa shape index (κ2) is 7.84. The van der Waals surface area contributed by atoms with Gasteiger partial charge in [0.05, 0.1) is 19.0 Å². The lowest BCUT2D eigenvalue weighted by molar-refractivity contribution is 0.0693. The molecule has 142 valence electrons. The Bertz CT molecular complexity index is 1230. The lowest BCUT2D eigenvalue weighted by Gasteiger charge is -2.07. The number of sulfonamides is 1. The number of benzene rings is 2. The summed E-state index contributed by atoms with van der Waals surface area (Å²) >= 11 is 0. The van der Waals surface area contributed by atoms with E-state index < -0.39 is 21.7 Å². The number of carboxylic acid groups (broad SMARTS) is 1. The molecule has 3 rings (SSSR count). The zero-order valence-electron chi connectivity index (χ0n) is 16.1. The fraction of sp³-hybridized carbons (Fsp3) is 0. The molecule has 9 nitrogen and oxygen atoms in total. The largest absolute Gasteiger partial charge is 0.507 e. The van der Waals surface area contributed by atoms with Crippen LogP contribution in [0.2, 0.25) is 0 Å². The zero-order valence-corrected chi connectivity index (χ0v) is 14.9. The second-order valence-electron chi connectivity index (χ2n) is 5.36. The van der Waals surface area contributed by atoms with Gasteiger partial charge in [-0.15, -0.1) is 0 Å². The Morgan fingerprint density at radius 1 is 1.07 bits per heavy atom. The molecule has 2 aromatic carbocycles. The monoisotopic (exact) mass is 402 g/mol. The third-order valence-corrected chi connectivity index (χ3v) is 4.73. The maximum Gasteiger partial charge on any atom is 0.339 e. The van der Waals surface area contributed by atoms with Gasteiger partial charge in [0.25, 0.3) is 10.0 Å². The van der Waals surface area contributed by atoms with Gasteiger partial charge in [-0.2, -0.15) is 10.2 Å². The molecule has 0 atom stereocenters. The summed E-state index contributed by atoms with van der Waals surface area (Å²) in [5.41, 5.74) is -0.528. The van der Waals surface area contributed by atoms with Crippen LogP contribution >= 0.6 is 0 Å². The van der Waals surface area contributed by atoms with Crippen molar-refractivity contribution in [2.75, 3.05) is 4.72 Å². The maximum atomic E-state index is 12.5. The summed E-state index contributed by atoms with van der Waals surface area (Å²) in [6.07, 6.45) is 1.41. The molecule has 0 unspecified atom stereocenters. The first kappa shape index (κ1) is 16.4. The molecule has 28 heavy (non-hydrogen) atoms. The SMILES string of the molecule is [3H]c1cc(S(=O)(=O)Nc2ccccn2)cc([3H])c1N=Nc1ccc(O)c(C(=O)O)c1. The number of azo groups is 1. The first-order chi connectivity index (χ1) is 14.2. The first-order valence-corrected chi connectivity index (χ1v) is 9.19. The second-order valence-corrected chi connectivity index (χ2v) is 7.04. The number of nitrogens with one attached hydrogen (secondary N) is 1. The van der Waals surface area contributed by atoms with Crippen molar-refractivity contribution in [1.82, 2.24) is 4.98 Å². The molecular weight excluding hydrogens is 384 g/mol. The highest BCUT2D eigenvalue weighted by atomic mass is 32.2. The molecule has 0 aliphatic heterocycles. The minimum atomic E-state index is -4.08. The molecule has 0 spiro atoms. The van der Waals surface area contributed by atoms with Gasteiger partial charge in [0.2, 0.25) is 0 Å². The molecule has 0 bridgehead atoms. The van der Waals surface area contributed by atoms with Crippen LogP contribution in [-0.2, 0) is 10.0 Å². The maximum absolute atomic E-state index is 12.5. The number of aromatic nitrogens is 1. The number of aromatic hydroxyl groups is 1. The third kappa shape index (κ3) is 4.48. The highest BCUT2D eigenvalue weighted by Gasteiger charge is 2.14. The number of pyridine rings is 1. The number of carbonyl (C=O) groups is 1. The smallest absolute Gasteiger partial charge is 0.339 e. The molecule has 1 heterocycles. The Balaban J connectivity index is 1.91. The van der Waals surface area contributed by atoms with Crippen molar-refractivity contribution in [2.45, 2.75) is 4.90 Å². The number of hydrogen-bond acceptors (Lipinski definition) is 7. The van der Waals surface area contributed by atoms with E-state index in [-0.39, 0.29) is 39.7 Å². The number of phenols is 1. The lowest BCUT2D eigenvalue weighted by Crippen LogP contribution is -2.13. The number of carboxylic acids is 1. The molecular formula is C18H14N4O5S. The summed E-state index contributed by atoms with van der Waals surface area (Å²) in [5, 5.41) is 26.1. The molecule has 1 aromatic heterocycles. The van der Waals surface area contributed by atoms with Crippen LogP contribution < -0.4 is 4.72 Å². The molecule has 3 aromatic rings. The summed E-state index contributed by atoms with van der Waals surface area (Å²) < 4.78 is 43.2. The van der Waals surface area contributed by atoms with Crippen molar-refractivity contribution in [3.63, 3.8) is 0 Å². The topological polar surface area (TPSA) is 141 Å². The van der Waals surface area contributed by atoms with E-state index in [0.29, 0.717) is 0 Å². The van der Waals surface area contributed by atoms with Gasteiger partial charge in [0.1, 0.15) is 17.1 Å². The van der Waals surface area contributed by atoms with Gasteiger partial charge in [-0.25, -0.2) is 18.2 Å². The average Bonchev–Trinajstić information content (AvgIpc) is 2.68. The molecule has 0 saturated carbocycles. The summed E-state index contributed by atoms with van der Waals surface area (Å²) in [5.74, 6) is -1.72. The normalized spacial score (nSPS) is 12.4. The van der Waals surface area contributed by atoms with Crippen molar-refractivity contribution in [3.05, 3.63) is 72.4 Å². The van der Waals surface area contributed by atoms with Gasteiger partial charge in [0, 0.05) is 6.20 Å². The average molecular weight is 402 g/mol. The molecule has 0 aliphatic carbocycles. The number of anilines is 1. The van der Waals surface area contributed by atoms with Crippen LogP contribution in [0.25, 0.3) is 0 Å². The van der Waals surface area contributed by atoms with E-state index in [2.05, 4.69) is 19.9 Å². The predicted octanol–water partition coefficient (Wildman–Crippen LogP) is 3.70. The molecule has 10 heteroatoms. The molecule has 0 saturated heterocycles. The lowest BCUT2D eigenvalue weighted by atomic mass is 10.2. The van der Waals surface area contributed by atoms with Crippen molar-refractivity contribution in [2.24, 2.45) is 10.2 Å². The molecule has 0 aliphatic rings. The van der Waals surface area contributed by atoms with Gasteiger partial charge in [0.15, 0.2) is 0 Å². The van der Waals surface area contributed by atoms with Gasteiger partial charge in [-0.1, -0.05) is 6.07 Å². The Morgan fingerprint density at radius 3 is 2.43 bits per heavy atom. The van der Waals surface area contributed by atoms with Crippen LogP contribution in [0.3, 0.4) is 0 Å². The van der Waals surface area contributed by atoms with Gasteiger partial charge < -0.3 is 10.2 Å². The van der Waals surface area contributed by atoms with Crippen LogP contribution in [0.1, 0.15) is 13.1 Å². The fourth-order valence-electron chi connectivity index (χ4n) is 2.06. The number of nitrogens with zero attached hydrogens (tertiary/aromatic N) is 3. The van der Waals surface area contributed by atoms with E-state index in [9.17, 15) is 18.3 Å². The van der Waals surface area contributed by atoms with Crippen molar-refractivity contribution >= 4 is 33.2 Å². The summed E-state index contributed by atoms with van der Waals surface area (Å²) in [6, 6.07) is 9.45. The highest BCUT2D eigenvalue weighted by molar-refractivity contribution is 7.92. The molecule has 0 radical (unpaired) electrons. The Labute approximate surface area is 162 Å². The van der Waals surface area contributed by atoms with Gasteiger partial charge in [-0.05, 0) is 54.5 Å². The molecule has 0 fully saturated rings. The van der Waals surface area contributed by atoms with E-state index >= 15 is 0 Å². The van der Waals surface area contributed by atoms with E-state index in [4.69, 9.17) is 7.85 Å². The van der Waals surface area contributed by atoms with Crippen LogP contribution in [0, 0.1) is 0 Å². The van der Waals surface area contributed by atoms with Crippen LogP contribution in [0.4, 0.5) is 17.2 Å². The fourth-order valence-corrected chi connectivity index (χ4v) is 3.00. The summed E-state index contributed by atoms with van der Waals surface area (Å²) in [7, 11) is -4.08. The highest BCUT2D eigenvalue weighted by Crippen LogP contribution is 2.25. The zero-order chi connectivity index (χ0) is 21.9. The summed E-state index contributed by atoms with van der Waals surface area (Å²) in [6.45, 7) is 0. The van der Waals surface area contributed by atoms with Crippen LogP contribution in [0.15, 0.2) is 81.9 Å². The van der Waals surface area contributed by atoms with E-state index in [1.54, 1.807) is 12.1 Å². The van der Waals surface area contributed by atoms with E-state index in [0.717, 1.165) is 24.3 Å². The van der Waals surface area contributed by atoms with Crippen molar-refractivity contribution in [3.8, 4) is 5.75 Å². The Kier molecular flexibility index (Phi) is 4.59. The Morgan fingerprint density at radius 2 is 1.79 bits per heavy atom.